The molecule has 1 aromatic rings. The van der Waals surface area contributed by atoms with E-state index in [1.807, 2.05) is 6.92 Å². The van der Waals surface area contributed by atoms with Gasteiger partial charge in [-0.1, -0.05) is 0 Å². The highest BCUT2D eigenvalue weighted by atomic mass is 16.5. The molecule has 0 saturated carbocycles. The lowest BCUT2D eigenvalue weighted by Crippen LogP contribution is -2.34. The van der Waals surface area contributed by atoms with Crippen molar-refractivity contribution in [2.24, 2.45) is 0 Å². The molecule has 1 atom stereocenters. The molecule has 3 rings (SSSR count). The number of hydrogen-bond donors (Lipinski definition) is 1. The molecule has 1 aliphatic heterocycles. The molecule has 0 unspecified atom stereocenters. The molecule has 0 bridgehead atoms. The SMILES string of the molecule is Cc1nc(CNC(=O)[C@@H]2CCCO2)nc2c1CCCC2. The molecule has 108 valence electrons. The van der Waals surface area contributed by atoms with Crippen LogP contribution < -0.4 is 5.32 Å². The molecule has 1 aliphatic carbocycles. The minimum Gasteiger partial charge on any atom is -0.368 e. The summed E-state index contributed by atoms with van der Waals surface area (Å²) in [7, 11) is 0. The van der Waals surface area contributed by atoms with Gasteiger partial charge in [0.05, 0.1) is 6.54 Å². The lowest BCUT2D eigenvalue weighted by molar-refractivity contribution is -0.130. The lowest BCUT2D eigenvalue weighted by Gasteiger charge is -2.18. The summed E-state index contributed by atoms with van der Waals surface area (Å²) in [5.74, 6) is 0.677. The molecular weight excluding hydrogens is 254 g/mol. The van der Waals surface area contributed by atoms with Crippen LogP contribution in [0, 0.1) is 6.92 Å². The Labute approximate surface area is 119 Å². The van der Waals surface area contributed by atoms with Crippen LogP contribution in [0.4, 0.5) is 0 Å². The van der Waals surface area contributed by atoms with E-state index in [2.05, 4.69) is 15.3 Å². The highest BCUT2D eigenvalue weighted by Gasteiger charge is 2.23. The second-order valence-electron chi connectivity index (χ2n) is 5.58. The van der Waals surface area contributed by atoms with Crippen molar-refractivity contribution < 1.29 is 9.53 Å². The van der Waals surface area contributed by atoms with Crippen LogP contribution in [0.1, 0.15) is 48.5 Å². The third-order valence-corrected chi connectivity index (χ3v) is 4.08. The number of fused-ring (bicyclic) bond motifs is 1. The third-order valence-electron chi connectivity index (χ3n) is 4.08. The maximum absolute atomic E-state index is 11.9. The summed E-state index contributed by atoms with van der Waals surface area (Å²) in [4.78, 5) is 21.0. The van der Waals surface area contributed by atoms with E-state index in [0.29, 0.717) is 13.2 Å². The summed E-state index contributed by atoms with van der Waals surface area (Å²) in [6, 6.07) is 0. The number of amides is 1. The van der Waals surface area contributed by atoms with Crippen molar-refractivity contribution in [3.05, 3.63) is 22.8 Å². The van der Waals surface area contributed by atoms with Gasteiger partial charge in [-0.2, -0.15) is 0 Å². The van der Waals surface area contributed by atoms with E-state index in [1.165, 1.54) is 24.1 Å². The predicted molar refractivity (Wildman–Crippen MR) is 74.2 cm³/mol. The molecule has 5 nitrogen and oxygen atoms in total. The topological polar surface area (TPSA) is 64.1 Å². The molecular formula is C15H21N3O2. The van der Waals surface area contributed by atoms with Crippen LogP contribution in [0.25, 0.3) is 0 Å². The highest BCUT2D eigenvalue weighted by molar-refractivity contribution is 5.80. The van der Waals surface area contributed by atoms with Crippen LogP contribution in [0.3, 0.4) is 0 Å². The molecule has 1 saturated heterocycles. The molecule has 2 heterocycles. The summed E-state index contributed by atoms with van der Waals surface area (Å²) >= 11 is 0. The van der Waals surface area contributed by atoms with Gasteiger partial charge in [0.2, 0.25) is 5.91 Å². The summed E-state index contributed by atoms with van der Waals surface area (Å²) in [6.45, 7) is 3.12. The van der Waals surface area contributed by atoms with E-state index in [9.17, 15) is 4.79 Å². The number of ether oxygens (including phenoxy) is 1. The Morgan fingerprint density at radius 3 is 2.95 bits per heavy atom. The predicted octanol–water partition coefficient (Wildman–Crippen LogP) is 1.46. The Balaban J connectivity index is 1.65. The molecule has 1 aromatic heterocycles. The van der Waals surface area contributed by atoms with Gasteiger partial charge in [-0.05, 0) is 51.0 Å². The minimum absolute atomic E-state index is 0.0403. The van der Waals surface area contributed by atoms with Crippen molar-refractivity contribution in [1.29, 1.82) is 0 Å². The first-order valence-corrected chi connectivity index (χ1v) is 7.48. The van der Waals surface area contributed by atoms with Gasteiger partial charge in [-0.15, -0.1) is 0 Å². The van der Waals surface area contributed by atoms with Crippen molar-refractivity contribution in [1.82, 2.24) is 15.3 Å². The highest BCUT2D eigenvalue weighted by Crippen LogP contribution is 2.21. The van der Waals surface area contributed by atoms with E-state index >= 15 is 0 Å². The fraction of sp³-hybridized carbons (Fsp3) is 0.667. The molecule has 20 heavy (non-hydrogen) atoms. The van der Waals surface area contributed by atoms with Crippen LogP contribution in [-0.4, -0.2) is 28.6 Å². The second kappa shape index (κ2) is 5.87. The van der Waals surface area contributed by atoms with Gasteiger partial charge in [-0.25, -0.2) is 9.97 Å². The van der Waals surface area contributed by atoms with E-state index < -0.39 is 0 Å². The first-order chi connectivity index (χ1) is 9.74. The largest absolute Gasteiger partial charge is 0.368 e. The first-order valence-electron chi connectivity index (χ1n) is 7.48. The van der Waals surface area contributed by atoms with Crippen molar-refractivity contribution >= 4 is 5.91 Å². The Kier molecular flexibility index (Phi) is 3.96. The number of hydrogen-bond acceptors (Lipinski definition) is 4. The molecule has 1 fully saturated rings. The number of rotatable bonds is 3. The van der Waals surface area contributed by atoms with Crippen LogP contribution in [-0.2, 0) is 28.9 Å². The molecule has 0 radical (unpaired) electrons. The van der Waals surface area contributed by atoms with Gasteiger partial charge in [0.15, 0.2) is 0 Å². The smallest absolute Gasteiger partial charge is 0.249 e. The Morgan fingerprint density at radius 1 is 1.30 bits per heavy atom. The third kappa shape index (κ3) is 2.82. The number of nitrogens with zero attached hydrogens (tertiary/aromatic N) is 2. The Hall–Kier alpha value is -1.49. The molecule has 0 spiro atoms. The molecule has 1 N–H and O–H groups in total. The fourth-order valence-corrected chi connectivity index (χ4v) is 2.99. The zero-order chi connectivity index (χ0) is 13.9. The summed E-state index contributed by atoms with van der Waals surface area (Å²) in [5, 5.41) is 2.89. The summed E-state index contributed by atoms with van der Waals surface area (Å²) < 4.78 is 5.36. The maximum Gasteiger partial charge on any atom is 0.249 e. The quantitative estimate of drug-likeness (QED) is 0.907. The van der Waals surface area contributed by atoms with Gasteiger partial charge in [0.1, 0.15) is 11.9 Å². The first kappa shape index (κ1) is 13.5. The van der Waals surface area contributed by atoms with Crippen molar-refractivity contribution in [2.75, 3.05) is 6.61 Å². The number of aryl methyl sites for hydroxylation is 2. The van der Waals surface area contributed by atoms with Gasteiger partial charge in [-0.3, -0.25) is 4.79 Å². The van der Waals surface area contributed by atoms with Crippen molar-refractivity contribution in [3.8, 4) is 0 Å². The monoisotopic (exact) mass is 275 g/mol. The summed E-state index contributed by atoms with van der Waals surface area (Å²) in [6.07, 6.45) is 6.04. The fourth-order valence-electron chi connectivity index (χ4n) is 2.99. The average molecular weight is 275 g/mol. The normalized spacial score (nSPS) is 21.6. The summed E-state index contributed by atoms with van der Waals surface area (Å²) in [5.41, 5.74) is 3.55. The van der Waals surface area contributed by atoms with Gasteiger partial charge in [0.25, 0.3) is 0 Å². The number of carbonyl (C=O) groups excluding carboxylic acids is 1. The van der Waals surface area contributed by atoms with Crippen molar-refractivity contribution in [3.63, 3.8) is 0 Å². The minimum atomic E-state index is -0.284. The zero-order valence-electron chi connectivity index (χ0n) is 11.9. The van der Waals surface area contributed by atoms with E-state index in [1.54, 1.807) is 0 Å². The number of carbonyl (C=O) groups is 1. The zero-order valence-corrected chi connectivity index (χ0v) is 11.9. The van der Waals surface area contributed by atoms with Gasteiger partial charge >= 0.3 is 0 Å². The van der Waals surface area contributed by atoms with Gasteiger partial charge < -0.3 is 10.1 Å². The molecule has 2 aliphatic rings. The van der Waals surface area contributed by atoms with Crippen LogP contribution >= 0.6 is 0 Å². The Morgan fingerprint density at radius 2 is 2.15 bits per heavy atom. The Bertz CT molecular complexity index is 510. The standard InChI is InChI=1S/C15H21N3O2/c1-10-11-5-2-3-6-12(11)18-14(17-10)9-16-15(19)13-7-4-8-20-13/h13H,2-9H2,1H3,(H,16,19)/t13-/m0/s1. The molecule has 5 heteroatoms. The van der Waals surface area contributed by atoms with E-state index in [-0.39, 0.29) is 12.0 Å². The van der Waals surface area contributed by atoms with E-state index in [4.69, 9.17) is 4.74 Å². The van der Waals surface area contributed by atoms with Crippen LogP contribution in [0.5, 0.6) is 0 Å². The average Bonchev–Trinajstić information content (AvgIpc) is 2.99. The van der Waals surface area contributed by atoms with E-state index in [0.717, 1.165) is 37.2 Å². The van der Waals surface area contributed by atoms with Crippen LogP contribution in [0.15, 0.2) is 0 Å². The second-order valence-corrected chi connectivity index (χ2v) is 5.58. The van der Waals surface area contributed by atoms with Crippen molar-refractivity contribution in [2.45, 2.75) is 58.1 Å². The lowest BCUT2D eigenvalue weighted by atomic mass is 9.95. The maximum atomic E-state index is 11.9. The number of aromatic nitrogens is 2. The molecule has 1 amide bonds. The molecule has 0 aromatic carbocycles. The number of nitrogens with one attached hydrogen (secondary N) is 1. The van der Waals surface area contributed by atoms with Crippen LogP contribution in [0.2, 0.25) is 0 Å². The van der Waals surface area contributed by atoms with Gasteiger partial charge in [0, 0.05) is 18.0 Å².